The van der Waals surface area contributed by atoms with Crippen molar-refractivity contribution in [3.8, 4) is 5.75 Å². The summed E-state index contributed by atoms with van der Waals surface area (Å²) in [5.74, 6) is 0.0989. The quantitative estimate of drug-likeness (QED) is 0.655. The zero-order chi connectivity index (χ0) is 19.2. The summed E-state index contributed by atoms with van der Waals surface area (Å²) in [6.07, 6.45) is 7.43. The molecular weight excluding hydrogens is 334 g/mol. The van der Waals surface area contributed by atoms with Gasteiger partial charge in [-0.3, -0.25) is 9.78 Å². The van der Waals surface area contributed by atoms with E-state index in [0.717, 1.165) is 0 Å². The number of amides is 1. The van der Waals surface area contributed by atoms with Crippen molar-refractivity contribution in [2.24, 2.45) is 0 Å². The van der Waals surface area contributed by atoms with Crippen LogP contribution in [0.15, 0.2) is 42.9 Å². The molecule has 26 heavy (non-hydrogen) atoms. The summed E-state index contributed by atoms with van der Waals surface area (Å²) >= 11 is 0. The monoisotopic (exact) mass is 355 g/mol. The SMILES string of the molecule is COc1cncc(C(=O)Nc2ccc(/C=C/C(=O)OC(C)(C)C)cn2)c1. The number of rotatable bonds is 5. The van der Waals surface area contributed by atoms with E-state index in [0.29, 0.717) is 22.7 Å². The number of nitrogens with zero attached hydrogens (tertiary/aromatic N) is 2. The molecule has 0 bridgehead atoms. The Hall–Kier alpha value is -3.22. The number of ether oxygens (including phenoxy) is 2. The number of hydrogen-bond acceptors (Lipinski definition) is 6. The average molecular weight is 355 g/mol. The maximum absolute atomic E-state index is 12.2. The molecule has 7 heteroatoms. The van der Waals surface area contributed by atoms with E-state index in [-0.39, 0.29) is 5.91 Å². The minimum atomic E-state index is -0.539. The van der Waals surface area contributed by atoms with Crippen molar-refractivity contribution in [3.05, 3.63) is 54.0 Å². The van der Waals surface area contributed by atoms with Crippen LogP contribution in [0.4, 0.5) is 5.82 Å². The number of hydrogen-bond donors (Lipinski definition) is 1. The van der Waals surface area contributed by atoms with E-state index in [9.17, 15) is 9.59 Å². The zero-order valence-corrected chi connectivity index (χ0v) is 15.1. The molecule has 0 aromatic carbocycles. The third kappa shape index (κ3) is 6.01. The molecule has 2 aromatic heterocycles. The first-order valence-corrected chi connectivity index (χ1v) is 7.94. The average Bonchev–Trinajstić information content (AvgIpc) is 2.59. The Morgan fingerprint density at radius 2 is 1.92 bits per heavy atom. The zero-order valence-electron chi connectivity index (χ0n) is 15.1. The molecule has 0 saturated carbocycles. The van der Waals surface area contributed by atoms with Crippen LogP contribution in [0, 0.1) is 0 Å². The summed E-state index contributed by atoms with van der Waals surface area (Å²) in [4.78, 5) is 31.9. The topological polar surface area (TPSA) is 90.4 Å². The van der Waals surface area contributed by atoms with Crippen molar-refractivity contribution in [2.75, 3.05) is 12.4 Å². The predicted molar refractivity (Wildman–Crippen MR) is 97.9 cm³/mol. The molecule has 136 valence electrons. The Labute approximate surface area is 152 Å². The Bertz CT molecular complexity index is 808. The predicted octanol–water partition coefficient (Wildman–Crippen LogP) is 3.09. The lowest BCUT2D eigenvalue weighted by molar-refractivity contribution is -0.148. The molecule has 0 saturated heterocycles. The van der Waals surface area contributed by atoms with Crippen LogP contribution in [0.3, 0.4) is 0 Å². The molecule has 1 N–H and O–H groups in total. The third-order valence-electron chi connectivity index (χ3n) is 3.06. The normalized spacial score (nSPS) is 11.2. The van der Waals surface area contributed by atoms with Gasteiger partial charge in [-0.15, -0.1) is 0 Å². The number of methoxy groups -OCH3 is 1. The van der Waals surface area contributed by atoms with E-state index < -0.39 is 11.6 Å². The maximum atomic E-state index is 12.2. The van der Waals surface area contributed by atoms with E-state index in [2.05, 4.69) is 15.3 Å². The summed E-state index contributed by atoms with van der Waals surface area (Å²) in [5, 5.41) is 2.67. The van der Waals surface area contributed by atoms with Crippen molar-refractivity contribution < 1.29 is 19.1 Å². The van der Waals surface area contributed by atoms with Crippen molar-refractivity contribution in [1.82, 2.24) is 9.97 Å². The molecule has 0 aliphatic rings. The number of carbonyl (C=O) groups excluding carboxylic acids is 2. The van der Waals surface area contributed by atoms with Gasteiger partial charge in [0.25, 0.3) is 5.91 Å². The molecule has 0 atom stereocenters. The highest BCUT2D eigenvalue weighted by Gasteiger charge is 2.14. The minimum Gasteiger partial charge on any atom is -0.495 e. The van der Waals surface area contributed by atoms with Crippen LogP contribution in [-0.2, 0) is 9.53 Å². The van der Waals surface area contributed by atoms with E-state index in [1.807, 2.05) is 0 Å². The largest absolute Gasteiger partial charge is 0.495 e. The molecule has 2 aromatic rings. The van der Waals surface area contributed by atoms with Crippen LogP contribution >= 0.6 is 0 Å². The van der Waals surface area contributed by atoms with Crippen LogP contribution in [0.2, 0.25) is 0 Å². The number of esters is 1. The summed E-state index contributed by atoms with van der Waals surface area (Å²) in [6, 6.07) is 4.95. The van der Waals surface area contributed by atoms with Gasteiger partial charge in [0.05, 0.1) is 18.9 Å². The van der Waals surface area contributed by atoms with Crippen molar-refractivity contribution in [3.63, 3.8) is 0 Å². The second-order valence-corrected chi connectivity index (χ2v) is 6.41. The van der Waals surface area contributed by atoms with Crippen molar-refractivity contribution in [2.45, 2.75) is 26.4 Å². The fourth-order valence-electron chi connectivity index (χ4n) is 1.92. The Morgan fingerprint density at radius 3 is 2.54 bits per heavy atom. The van der Waals surface area contributed by atoms with Crippen LogP contribution in [0.1, 0.15) is 36.7 Å². The molecule has 0 spiro atoms. The number of nitrogens with one attached hydrogen (secondary N) is 1. The van der Waals surface area contributed by atoms with Gasteiger partial charge in [0.2, 0.25) is 0 Å². The summed E-state index contributed by atoms with van der Waals surface area (Å²) in [7, 11) is 1.50. The lowest BCUT2D eigenvalue weighted by Gasteiger charge is -2.17. The number of aromatic nitrogens is 2. The molecule has 0 unspecified atom stereocenters. The van der Waals surface area contributed by atoms with Crippen molar-refractivity contribution >= 4 is 23.8 Å². The first kappa shape index (κ1) is 19.1. The lowest BCUT2D eigenvalue weighted by atomic mass is 10.2. The van der Waals surface area contributed by atoms with E-state index in [1.165, 1.54) is 25.6 Å². The smallest absolute Gasteiger partial charge is 0.331 e. The van der Waals surface area contributed by atoms with Crippen LogP contribution in [-0.4, -0.2) is 34.6 Å². The van der Waals surface area contributed by atoms with Gasteiger partial charge in [-0.05, 0) is 50.6 Å². The first-order chi connectivity index (χ1) is 12.3. The molecule has 7 nitrogen and oxygen atoms in total. The van der Waals surface area contributed by atoms with Gasteiger partial charge < -0.3 is 14.8 Å². The molecule has 1 amide bonds. The molecular formula is C19H21N3O4. The van der Waals surface area contributed by atoms with Gasteiger partial charge >= 0.3 is 5.97 Å². The number of pyridine rings is 2. The summed E-state index contributed by atoms with van der Waals surface area (Å²) in [6.45, 7) is 5.40. The van der Waals surface area contributed by atoms with Crippen LogP contribution in [0.25, 0.3) is 6.08 Å². The molecule has 0 fully saturated rings. The molecule has 0 radical (unpaired) electrons. The fourth-order valence-corrected chi connectivity index (χ4v) is 1.92. The highest BCUT2D eigenvalue weighted by Crippen LogP contribution is 2.13. The minimum absolute atomic E-state index is 0.346. The first-order valence-electron chi connectivity index (χ1n) is 7.94. The van der Waals surface area contributed by atoms with Crippen LogP contribution < -0.4 is 10.1 Å². The highest BCUT2D eigenvalue weighted by molar-refractivity contribution is 6.03. The standard InChI is InChI=1S/C19H21N3O4/c1-19(2,3)26-17(23)8-6-13-5-7-16(21-10-13)22-18(24)14-9-15(25-4)12-20-11-14/h5-12H,1-4H3,(H,21,22,24)/b8-6+. The van der Waals surface area contributed by atoms with Crippen LogP contribution in [0.5, 0.6) is 5.75 Å². The Balaban J connectivity index is 1.98. The fraction of sp³-hybridized carbons (Fsp3) is 0.263. The summed E-state index contributed by atoms with van der Waals surface area (Å²) in [5.41, 5.74) is 0.528. The molecule has 0 aliphatic carbocycles. The second-order valence-electron chi connectivity index (χ2n) is 6.41. The second kappa shape index (κ2) is 8.24. The van der Waals surface area contributed by atoms with Crippen molar-refractivity contribution in [1.29, 1.82) is 0 Å². The van der Waals surface area contributed by atoms with Gasteiger partial charge in [-0.2, -0.15) is 0 Å². The van der Waals surface area contributed by atoms with Gasteiger partial charge in [0.1, 0.15) is 17.2 Å². The number of carbonyl (C=O) groups is 2. The van der Waals surface area contributed by atoms with E-state index in [4.69, 9.17) is 9.47 Å². The molecule has 2 rings (SSSR count). The third-order valence-corrected chi connectivity index (χ3v) is 3.06. The molecule has 2 heterocycles. The summed E-state index contributed by atoms with van der Waals surface area (Å²) < 4.78 is 10.2. The van der Waals surface area contributed by atoms with Gasteiger partial charge in [0.15, 0.2) is 0 Å². The van der Waals surface area contributed by atoms with Gasteiger partial charge in [-0.1, -0.05) is 0 Å². The molecule has 0 aliphatic heterocycles. The highest BCUT2D eigenvalue weighted by atomic mass is 16.6. The van der Waals surface area contributed by atoms with E-state index in [1.54, 1.807) is 51.2 Å². The Kier molecular flexibility index (Phi) is 6.06. The number of anilines is 1. The van der Waals surface area contributed by atoms with Gasteiger partial charge in [0, 0.05) is 18.5 Å². The maximum Gasteiger partial charge on any atom is 0.331 e. The lowest BCUT2D eigenvalue weighted by Crippen LogP contribution is -2.22. The van der Waals surface area contributed by atoms with E-state index >= 15 is 0 Å². The Morgan fingerprint density at radius 1 is 1.15 bits per heavy atom. The van der Waals surface area contributed by atoms with Gasteiger partial charge in [-0.25, -0.2) is 9.78 Å².